The molecule has 0 bridgehead atoms. The quantitative estimate of drug-likeness (QED) is 0.0531. The third-order valence-electron chi connectivity index (χ3n) is 7.27. The van der Waals surface area contributed by atoms with E-state index in [4.69, 9.17) is 9.15 Å². The maximum Gasteiger partial charge on any atom is 0.244 e. The molecule has 1 heterocycles. The zero-order chi connectivity index (χ0) is 34.2. The van der Waals surface area contributed by atoms with Crippen LogP contribution >= 0.6 is 0 Å². The number of carbonyl (C=O) groups is 1. The van der Waals surface area contributed by atoms with Crippen LogP contribution in [0.3, 0.4) is 0 Å². The number of ether oxygens (including phenoxy) is 1. The van der Waals surface area contributed by atoms with Crippen LogP contribution in [0.15, 0.2) is 63.8 Å². The highest BCUT2D eigenvalue weighted by Crippen LogP contribution is 2.36. The summed E-state index contributed by atoms with van der Waals surface area (Å²) in [5, 5.41) is 92.3. The van der Waals surface area contributed by atoms with Crippen LogP contribution in [-0.2, 0) is 16.0 Å². The van der Waals surface area contributed by atoms with Gasteiger partial charge in [0.05, 0.1) is 19.3 Å². The summed E-state index contributed by atoms with van der Waals surface area (Å²) in [7, 11) is 0. The fraction of sp³-hybridized carbons (Fsp3) is 0.273. The lowest BCUT2D eigenvalue weighted by Gasteiger charge is -2.23. The summed E-state index contributed by atoms with van der Waals surface area (Å²) in [6.45, 7) is -0.303. The van der Waals surface area contributed by atoms with Gasteiger partial charge in [-0.25, -0.2) is 0 Å². The van der Waals surface area contributed by atoms with E-state index in [1.54, 1.807) is 0 Å². The standard InChI is InChI=1S/C33H35NO13/c35-19-14-26(41)30-28(15-19)47-33(18-6-8-22(37)25(40)13-18)20(31(30)44)2-1-3-23(38)32(45)27(42)16-46-11-10-34-29(43)9-5-17-4-7-21(36)24(39)12-17/h4-9,12-15,23,27,32,35-42,45H,1-3,10-11,16H2,(H,34,43)/b9-5+. The number of amides is 1. The predicted octanol–water partition coefficient (Wildman–Crippen LogP) is 1.95. The lowest BCUT2D eigenvalue weighted by Crippen LogP contribution is -2.40. The van der Waals surface area contributed by atoms with Crippen LogP contribution in [0.5, 0.6) is 34.5 Å². The zero-order valence-electron chi connectivity index (χ0n) is 24.9. The Morgan fingerprint density at radius 2 is 1.55 bits per heavy atom. The van der Waals surface area contributed by atoms with E-state index >= 15 is 0 Å². The van der Waals surface area contributed by atoms with Gasteiger partial charge in [-0.3, -0.25) is 9.59 Å². The number of aliphatic hydroxyl groups is 3. The summed E-state index contributed by atoms with van der Waals surface area (Å²) in [4.78, 5) is 25.4. The van der Waals surface area contributed by atoms with E-state index in [0.717, 1.165) is 12.1 Å². The molecular weight excluding hydrogens is 618 g/mol. The number of phenolic OH excluding ortho intramolecular Hbond substituents is 6. The Labute approximate surface area is 267 Å². The molecule has 47 heavy (non-hydrogen) atoms. The van der Waals surface area contributed by atoms with Crippen molar-refractivity contribution >= 4 is 23.0 Å². The molecule has 0 aliphatic heterocycles. The molecule has 14 nitrogen and oxygen atoms in total. The third kappa shape index (κ3) is 8.71. The third-order valence-corrected chi connectivity index (χ3v) is 7.27. The largest absolute Gasteiger partial charge is 0.508 e. The summed E-state index contributed by atoms with van der Waals surface area (Å²) < 4.78 is 11.1. The number of benzene rings is 3. The Hall–Kier alpha value is -5.28. The van der Waals surface area contributed by atoms with Gasteiger partial charge >= 0.3 is 0 Å². The SMILES string of the molecule is O=C(/C=C/c1ccc(O)c(O)c1)NCCOCC(O)C(O)C(O)CCCc1c(-c2ccc(O)c(O)c2)oc2cc(O)cc(O)c2c1=O. The molecule has 4 aromatic rings. The molecule has 0 fully saturated rings. The number of nitrogens with one attached hydrogen (secondary N) is 1. The number of hydrogen-bond acceptors (Lipinski definition) is 13. The second kappa shape index (κ2) is 15.3. The van der Waals surface area contributed by atoms with Gasteiger partial charge in [-0.1, -0.05) is 6.07 Å². The zero-order valence-corrected chi connectivity index (χ0v) is 24.9. The molecule has 3 unspecified atom stereocenters. The molecule has 250 valence electrons. The lowest BCUT2D eigenvalue weighted by molar-refractivity contribution is -0.117. The average molecular weight is 654 g/mol. The number of fused-ring (bicyclic) bond motifs is 1. The van der Waals surface area contributed by atoms with Crippen molar-refractivity contribution in [2.75, 3.05) is 19.8 Å². The molecule has 4 rings (SSSR count). The molecule has 0 radical (unpaired) electrons. The van der Waals surface area contributed by atoms with Crippen LogP contribution in [0.4, 0.5) is 0 Å². The highest BCUT2D eigenvalue weighted by molar-refractivity contribution is 5.91. The van der Waals surface area contributed by atoms with Crippen molar-refractivity contribution in [3.63, 3.8) is 0 Å². The van der Waals surface area contributed by atoms with Crippen LogP contribution in [0.2, 0.25) is 0 Å². The van der Waals surface area contributed by atoms with Crippen LogP contribution in [0, 0.1) is 0 Å². The first-order valence-electron chi connectivity index (χ1n) is 14.5. The molecule has 1 amide bonds. The molecule has 0 saturated heterocycles. The highest BCUT2D eigenvalue weighted by Gasteiger charge is 2.26. The van der Waals surface area contributed by atoms with E-state index in [0.29, 0.717) is 5.56 Å². The van der Waals surface area contributed by atoms with E-state index < -0.39 is 46.9 Å². The fourth-order valence-electron chi connectivity index (χ4n) is 4.78. The molecule has 0 saturated carbocycles. The van der Waals surface area contributed by atoms with Gasteiger partial charge in [-0.2, -0.15) is 0 Å². The summed E-state index contributed by atoms with van der Waals surface area (Å²) in [6, 6.07) is 9.96. The summed E-state index contributed by atoms with van der Waals surface area (Å²) in [6.07, 6.45) is -1.84. The summed E-state index contributed by atoms with van der Waals surface area (Å²) in [5.41, 5.74) is 0.0182. The van der Waals surface area contributed by atoms with Gasteiger partial charge in [0, 0.05) is 35.9 Å². The Morgan fingerprint density at radius 1 is 0.851 bits per heavy atom. The summed E-state index contributed by atoms with van der Waals surface area (Å²) in [5.74, 6) is -2.82. The van der Waals surface area contributed by atoms with Crippen molar-refractivity contribution in [2.24, 2.45) is 0 Å². The summed E-state index contributed by atoms with van der Waals surface area (Å²) >= 11 is 0. The second-order valence-electron chi connectivity index (χ2n) is 10.7. The van der Waals surface area contributed by atoms with Gasteiger partial charge in [0.15, 0.2) is 28.4 Å². The first kappa shape index (κ1) is 34.6. The van der Waals surface area contributed by atoms with E-state index in [2.05, 4.69) is 5.32 Å². The second-order valence-corrected chi connectivity index (χ2v) is 10.7. The monoisotopic (exact) mass is 653 g/mol. The minimum Gasteiger partial charge on any atom is -0.508 e. The minimum absolute atomic E-state index is 0.00601. The van der Waals surface area contributed by atoms with Gasteiger partial charge in [-0.15, -0.1) is 0 Å². The Kier molecular flexibility index (Phi) is 11.3. The van der Waals surface area contributed by atoms with E-state index in [1.165, 1.54) is 48.6 Å². The van der Waals surface area contributed by atoms with Crippen molar-refractivity contribution in [3.05, 3.63) is 76.0 Å². The lowest BCUT2D eigenvalue weighted by atomic mass is 9.97. The van der Waals surface area contributed by atoms with Crippen molar-refractivity contribution in [2.45, 2.75) is 37.6 Å². The molecule has 14 heteroatoms. The van der Waals surface area contributed by atoms with Crippen LogP contribution < -0.4 is 10.7 Å². The highest BCUT2D eigenvalue weighted by atomic mass is 16.5. The van der Waals surface area contributed by atoms with E-state index in [1.807, 2.05) is 0 Å². The van der Waals surface area contributed by atoms with Crippen molar-refractivity contribution < 1.29 is 59.9 Å². The van der Waals surface area contributed by atoms with Crippen LogP contribution in [-0.4, -0.2) is 89.9 Å². The average Bonchev–Trinajstić information content (AvgIpc) is 3.02. The molecule has 1 aromatic heterocycles. The van der Waals surface area contributed by atoms with Gasteiger partial charge in [-0.05, 0) is 61.2 Å². The Morgan fingerprint density at radius 3 is 2.26 bits per heavy atom. The molecule has 0 aliphatic carbocycles. The normalized spacial score (nSPS) is 13.5. The molecular formula is C33H35NO13. The Bertz CT molecular complexity index is 1820. The van der Waals surface area contributed by atoms with Gasteiger partial charge in [0.25, 0.3) is 0 Å². The number of aliphatic hydroxyl groups excluding tert-OH is 3. The van der Waals surface area contributed by atoms with Crippen LogP contribution in [0.1, 0.15) is 24.0 Å². The maximum atomic E-state index is 13.4. The number of carbonyl (C=O) groups excluding carboxylic acids is 1. The minimum atomic E-state index is -1.61. The molecule has 3 aromatic carbocycles. The number of phenols is 6. The first-order chi connectivity index (χ1) is 22.3. The number of aromatic hydroxyl groups is 6. The van der Waals surface area contributed by atoms with Gasteiger partial charge < -0.3 is 60.4 Å². The topological polar surface area (TPSA) is 251 Å². The van der Waals surface area contributed by atoms with Crippen molar-refractivity contribution in [3.8, 4) is 45.8 Å². The first-order valence-corrected chi connectivity index (χ1v) is 14.5. The maximum absolute atomic E-state index is 13.4. The molecule has 3 atom stereocenters. The molecule has 0 spiro atoms. The van der Waals surface area contributed by atoms with Gasteiger partial charge in [0.2, 0.25) is 5.91 Å². The van der Waals surface area contributed by atoms with E-state index in [-0.39, 0.29) is 84.1 Å². The van der Waals surface area contributed by atoms with Crippen molar-refractivity contribution in [1.29, 1.82) is 0 Å². The van der Waals surface area contributed by atoms with E-state index in [9.17, 15) is 55.5 Å². The van der Waals surface area contributed by atoms with Crippen LogP contribution in [0.25, 0.3) is 28.4 Å². The van der Waals surface area contributed by atoms with Crippen molar-refractivity contribution in [1.82, 2.24) is 5.32 Å². The molecule has 10 N–H and O–H groups in total. The molecule has 0 aliphatic rings. The smallest absolute Gasteiger partial charge is 0.244 e. The van der Waals surface area contributed by atoms with Gasteiger partial charge in [0.1, 0.15) is 40.4 Å². The fourth-order valence-corrected chi connectivity index (χ4v) is 4.78. The number of hydrogen-bond donors (Lipinski definition) is 10. The number of rotatable bonds is 14. The Balaban J connectivity index is 1.30. The predicted molar refractivity (Wildman–Crippen MR) is 168 cm³/mol.